The molecule has 0 aliphatic heterocycles. The molecule has 1 atom stereocenters. The van der Waals surface area contributed by atoms with Gasteiger partial charge in [-0.3, -0.25) is 0 Å². The average molecular weight is 308 g/mol. The molecule has 4 heteroatoms. The Hall–Kier alpha value is -1.32. The summed E-state index contributed by atoms with van der Waals surface area (Å²) in [6.07, 6.45) is 13.9. The zero-order valence-electron chi connectivity index (χ0n) is 14.5. The maximum Gasteiger partial charge on any atom is 0.256 e. The molecule has 1 rings (SSSR count). The van der Waals surface area contributed by atoms with E-state index < -0.39 is 11.9 Å². The van der Waals surface area contributed by atoms with Crippen LogP contribution in [0.4, 0.5) is 0 Å². The number of rotatable bonds is 12. The molecule has 0 aliphatic rings. The van der Waals surface area contributed by atoms with Gasteiger partial charge in [-0.15, -0.1) is 0 Å². The zero-order chi connectivity index (χ0) is 16.4. The summed E-state index contributed by atoms with van der Waals surface area (Å²) in [6, 6.07) is 0. The molecule has 0 aliphatic carbocycles. The summed E-state index contributed by atoms with van der Waals surface area (Å²) in [5, 5.41) is 11.0. The highest BCUT2D eigenvalue weighted by molar-refractivity contribution is 5.66. The summed E-state index contributed by atoms with van der Waals surface area (Å²) < 4.78 is 4.37. The molecule has 1 heterocycles. The van der Waals surface area contributed by atoms with E-state index in [1.54, 1.807) is 6.92 Å². The normalized spacial score (nSPS) is 12.5. The van der Waals surface area contributed by atoms with Crippen molar-refractivity contribution in [2.24, 2.45) is 5.92 Å². The van der Waals surface area contributed by atoms with Gasteiger partial charge in [0, 0.05) is 18.3 Å². The molecule has 0 N–H and O–H groups in total. The number of aryl methyl sites for hydroxylation is 1. The van der Waals surface area contributed by atoms with Crippen LogP contribution in [0.15, 0.2) is 12.4 Å². The minimum absolute atomic E-state index is 0.453. The molecule has 1 aromatic heterocycles. The fourth-order valence-corrected chi connectivity index (χ4v) is 2.83. The van der Waals surface area contributed by atoms with E-state index in [0.717, 1.165) is 19.4 Å². The fourth-order valence-electron chi connectivity index (χ4n) is 2.83. The molecule has 0 aromatic carbocycles. The summed E-state index contributed by atoms with van der Waals surface area (Å²) in [6.45, 7) is 7.62. The molecule has 0 bridgehead atoms. The van der Waals surface area contributed by atoms with E-state index in [0.29, 0.717) is 6.54 Å². The van der Waals surface area contributed by atoms with Crippen molar-refractivity contribution >= 4 is 5.97 Å². The standard InChI is InChI=1S/C18H32N2O2/c1-4-6-7-8-9-10-11-17-19(12-5-2)13-14-20(17)15-16(3)18(21)22/h13-14,16H,4-12,15H2,1-3H3. The topological polar surface area (TPSA) is 48.9 Å². The van der Waals surface area contributed by atoms with Gasteiger partial charge < -0.3 is 9.90 Å². The number of unbranched alkanes of at least 4 members (excludes halogenated alkanes) is 5. The van der Waals surface area contributed by atoms with E-state index in [4.69, 9.17) is 0 Å². The highest BCUT2D eigenvalue weighted by Crippen LogP contribution is 2.09. The summed E-state index contributed by atoms with van der Waals surface area (Å²) in [5.74, 6) is -0.169. The second kappa shape index (κ2) is 10.4. The number of carboxylic acids is 1. The molecular weight excluding hydrogens is 276 g/mol. The van der Waals surface area contributed by atoms with Crippen LogP contribution in [0.3, 0.4) is 0 Å². The number of carbonyl (C=O) groups excluding carboxylic acids is 1. The van der Waals surface area contributed by atoms with Crippen LogP contribution in [-0.2, 0) is 24.3 Å². The minimum Gasteiger partial charge on any atom is -0.550 e. The fraction of sp³-hybridized carbons (Fsp3) is 0.778. The molecule has 0 radical (unpaired) electrons. The maximum absolute atomic E-state index is 11.0. The lowest BCUT2D eigenvalue weighted by molar-refractivity contribution is -0.708. The molecule has 1 unspecified atom stereocenters. The molecule has 4 nitrogen and oxygen atoms in total. The number of imidazole rings is 1. The van der Waals surface area contributed by atoms with Crippen molar-refractivity contribution in [3.05, 3.63) is 18.2 Å². The van der Waals surface area contributed by atoms with E-state index in [9.17, 15) is 9.90 Å². The Labute approximate surface area is 135 Å². The number of nitrogens with zero attached hydrogens (tertiary/aromatic N) is 2. The van der Waals surface area contributed by atoms with Crippen LogP contribution in [0.1, 0.15) is 71.5 Å². The van der Waals surface area contributed by atoms with Gasteiger partial charge in [-0.25, -0.2) is 9.13 Å². The van der Waals surface area contributed by atoms with Crippen molar-refractivity contribution in [1.29, 1.82) is 0 Å². The first-order chi connectivity index (χ1) is 10.6. The predicted octanol–water partition coefficient (Wildman–Crippen LogP) is 2.47. The van der Waals surface area contributed by atoms with E-state index in [-0.39, 0.29) is 0 Å². The van der Waals surface area contributed by atoms with Gasteiger partial charge in [0.05, 0.1) is 13.1 Å². The Morgan fingerprint density at radius 1 is 1.18 bits per heavy atom. The molecule has 0 saturated carbocycles. The lowest BCUT2D eigenvalue weighted by Gasteiger charge is -2.11. The number of hydrogen-bond acceptors (Lipinski definition) is 2. The Morgan fingerprint density at radius 2 is 1.86 bits per heavy atom. The van der Waals surface area contributed by atoms with Crippen molar-refractivity contribution in [2.45, 2.75) is 85.2 Å². The van der Waals surface area contributed by atoms with Crippen LogP contribution in [0, 0.1) is 5.92 Å². The summed E-state index contributed by atoms with van der Waals surface area (Å²) in [5.41, 5.74) is 0. The van der Waals surface area contributed by atoms with Gasteiger partial charge in [-0.2, -0.15) is 0 Å². The SMILES string of the molecule is CCCCCCCCc1n(CCC)cc[n+]1CC(C)C(=O)[O-]. The summed E-state index contributed by atoms with van der Waals surface area (Å²) in [4.78, 5) is 11.0. The Balaban J connectivity index is 2.59. The lowest BCUT2D eigenvalue weighted by atomic mass is 10.1. The quantitative estimate of drug-likeness (QED) is 0.440. The predicted molar refractivity (Wildman–Crippen MR) is 86.2 cm³/mol. The van der Waals surface area contributed by atoms with E-state index >= 15 is 0 Å². The molecular formula is C18H32N2O2. The smallest absolute Gasteiger partial charge is 0.256 e. The number of aromatic nitrogens is 2. The van der Waals surface area contributed by atoms with E-state index in [1.807, 2.05) is 6.20 Å². The Bertz CT molecular complexity index is 440. The van der Waals surface area contributed by atoms with E-state index in [1.165, 1.54) is 44.3 Å². The molecule has 0 fully saturated rings. The second-order valence-electron chi connectivity index (χ2n) is 6.30. The van der Waals surface area contributed by atoms with Crippen molar-refractivity contribution < 1.29 is 14.5 Å². The molecule has 0 spiro atoms. The molecule has 126 valence electrons. The van der Waals surface area contributed by atoms with Gasteiger partial charge in [0.25, 0.3) is 5.82 Å². The number of carboxylic acid groups (broad SMARTS) is 1. The highest BCUT2D eigenvalue weighted by atomic mass is 16.4. The lowest BCUT2D eigenvalue weighted by Crippen LogP contribution is -2.45. The van der Waals surface area contributed by atoms with Crippen LogP contribution >= 0.6 is 0 Å². The maximum atomic E-state index is 11.0. The van der Waals surface area contributed by atoms with Gasteiger partial charge >= 0.3 is 0 Å². The van der Waals surface area contributed by atoms with Crippen LogP contribution in [0.25, 0.3) is 0 Å². The van der Waals surface area contributed by atoms with Gasteiger partial charge in [0.2, 0.25) is 0 Å². The molecule has 22 heavy (non-hydrogen) atoms. The van der Waals surface area contributed by atoms with Crippen molar-refractivity contribution in [3.8, 4) is 0 Å². The van der Waals surface area contributed by atoms with Crippen LogP contribution in [0.2, 0.25) is 0 Å². The van der Waals surface area contributed by atoms with Crippen molar-refractivity contribution in [1.82, 2.24) is 4.57 Å². The third kappa shape index (κ3) is 6.20. The van der Waals surface area contributed by atoms with Gasteiger partial charge in [0.1, 0.15) is 12.4 Å². The third-order valence-corrected chi connectivity index (χ3v) is 4.18. The van der Waals surface area contributed by atoms with Crippen LogP contribution < -0.4 is 9.67 Å². The first kappa shape index (κ1) is 18.7. The minimum atomic E-state index is -0.971. The number of carbonyl (C=O) groups is 1. The number of hydrogen-bond donors (Lipinski definition) is 0. The highest BCUT2D eigenvalue weighted by Gasteiger charge is 2.18. The molecule has 0 saturated heterocycles. The summed E-state index contributed by atoms with van der Waals surface area (Å²) in [7, 11) is 0. The molecule has 0 amide bonds. The first-order valence-electron chi connectivity index (χ1n) is 8.88. The van der Waals surface area contributed by atoms with Gasteiger partial charge in [0.15, 0.2) is 0 Å². The zero-order valence-corrected chi connectivity index (χ0v) is 14.5. The first-order valence-corrected chi connectivity index (χ1v) is 8.88. The summed E-state index contributed by atoms with van der Waals surface area (Å²) >= 11 is 0. The van der Waals surface area contributed by atoms with Crippen molar-refractivity contribution in [2.75, 3.05) is 0 Å². The Morgan fingerprint density at radius 3 is 2.50 bits per heavy atom. The van der Waals surface area contributed by atoms with Crippen LogP contribution in [-0.4, -0.2) is 10.5 Å². The number of aliphatic carboxylic acids is 1. The second-order valence-corrected chi connectivity index (χ2v) is 6.30. The van der Waals surface area contributed by atoms with Gasteiger partial charge in [-0.05, 0) is 12.8 Å². The monoisotopic (exact) mass is 308 g/mol. The average Bonchev–Trinajstić information content (AvgIpc) is 2.85. The van der Waals surface area contributed by atoms with Crippen LogP contribution in [0.5, 0.6) is 0 Å². The van der Waals surface area contributed by atoms with Crippen molar-refractivity contribution in [3.63, 3.8) is 0 Å². The third-order valence-electron chi connectivity index (χ3n) is 4.18. The Kier molecular flexibility index (Phi) is 8.86. The molecule has 1 aromatic rings. The largest absolute Gasteiger partial charge is 0.550 e. The van der Waals surface area contributed by atoms with E-state index in [2.05, 4.69) is 29.2 Å². The van der Waals surface area contributed by atoms with Gasteiger partial charge in [-0.1, -0.05) is 52.9 Å².